The summed E-state index contributed by atoms with van der Waals surface area (Å²) in [7, 11) is 0. The van der Waals surface area contributed by atoms with Crippen LogP contribution in [-0.2, 0) is 12.2 Å². The number of hydrogen-bond donors (Lipinski definition) is 0. The average molecular weight is 495 g/mol. The summed E-state index contributed by atoms with van der Waals surface area (Å²) in [6.45, 7) is 4.00. The van der Waals surface area contributed by atoms with E-state index in [0.717, 1.165) is 27.9 Å². The van der Waals surface area contributed by atoms with Crippen LogP contribution in [0.4, 0.5) is 0 Å². The molecule has 0 aliphatic heterocycles. The Morgan fingerprint density at radius 3 is 2.50 bits per heavy atom. The SMILES string of the molecule is Cc1ccc(C)c(-n2c(=O)c3ccccc3n3c(SCc4nnc(Cc5ccccc5)o4)nnc23)c1. The molecule has 0 bridgehead atoms. The van der Waals surface area contributed by atoms with Crippen molar-refractivity contribution in [3.05, 3.63) is 112 Å². The van der Waals surface area contributed by atoms with Crippen molar-refractivity contribution in [1.29, 1.82) is 0 Å². The van der Waals surface area contributed by atoms with E-state index >= 15 is 0 Å². The van der Waals surface area contributed by atoms with Crippen LogP contribution in [0.5, 0.6) is 0 Å². The zero-order valence-corrected chi connectivity index (χ0v) is 20.6. The lowest BCUT2D eigenvalue weighted by atomic mass is 10.1. The molecule has 0 saturated carbocycles. The van der Waals surface area contributed by atoms with Crippen molar-refractivity contribution >= 4 is 28.4 Å². The molecule has 0 saturated heterocycles. The van der Waals surface area contributed by atoms with E-state index in [1.54, 1.807) is 4.57 Å². The highest BCUT2D eigenvalue weighted by Crippen LogP contribution is 2.26. The molecule has 0 unspecified atom stereocenters. The maximum atomic E-state index is 13.6. The van der Waals surface area contributed by atoms with Crippen LogP contribution < -0.4 is 5.56 Å². The van der Waals surface area contributed by atoms with E-state index in [-0.39, 0.29) is 5.56 Å². The molecular formula is C27H22N6O2S. The molecule has 8 nitrogen and oxygen atoms in total. The van der Waals surface area contributed by atoms with Crippen LogP contribution in [0.3, 0.4) is 0 Å². The summed E-state index contributed by atoms with van der Waals surface area (Å²) >= 11 is 1.44. The third-order valence-corrected chi connectivity index (χ3v) is 6.95. The predicted molar refractivity (Wildman–Crippen MR) is 139 cm³/mol. The van der Waals surface area contributed by atoms with Gasteiger partial charge in [-0.25, -0.2) is 4.57 Å². The van der Waals surface area contributed by atoms with Crippen molar-refractivity contribution in [1.82, 2.24) is 29.4 Å². The number of thioether (sulfide) groups is 1. The third kappa shape index (κ3) is 3.97. The summed E-state index contributed by atoms with van der Waals surface area (Å²) in [5.41, 5.74) is 4.57. The van der Waals surface area contributed by atoms with Gasteiger partial charge in [-0.3, -0.25) is 9.20 Å². The molecule has 6 rings (SSSR count). The minimum atomic E-state index is -0.127. The summed E-state index contributed by atoms with van der Waals surface area (Å²) in [5, 5.41) is 18.5. The molecule has 3 aromatic heterocycles. The van der Waals surface area contributed by atoms with Gasteiger partial charge in [0.2, 0.25) is 17.6 Å². The van der Waals surface area contributed by atoms with Crippen LogP contribution >= 0.6 is 11.8 Å². The summed E-state index contributed by atoms with van der Waals surface area (Å²) in [6, 6.07) is 23.6. The average Bonchev–Trinajstić information content (AvgIpc) is 3.52. The van der Waals surface area contributed by atoms with E-state index in [0.29, 0.717) is 40.3 Å². The van der Waals surface area contributed by atoms with Crippen LogP contribution in [0.1, 0.15) is 28.5 Å². The van der Waals surface area contributed by atoms with E-state index in [1.807, 2.05) is 91.0 Å². The Hall–Kier alpha value is -4.24. The molecule has 36 heavy (non-hydrogen) atoms. The second-order valence-electron chi connectivity index (χ2n) is 8.61. The molecule has 0 amide bonds. The van der Waals surface area contributed by atoms with E-state index in [4.69, 9.17) is 4.42 Å². The van der Waals surface area contributed by atoms with Crippen molar-refractivity contribution in [2.24, 2.45) is 0 Å². The number of rotatable bonds is 6. The van der Waals surface area contributed by atoms with Gasteiger partial charge in [-0.05, 0) is 48.7 Å². The highest BCUT2D eigenvalue weighted by atomic mass is 32.2. The molecule has 0 N–H and O–H groups in total. The van der Waals surface area contributed by atoms with E-state index in [2.05, 4.69) is 20.4 Å². The number of hydrogen-bond acceptors (Lipinski definition) is 7. The molecule has 0 aliphatic rings. The molecule has 0 fully saturated rings. The van der Waals surface area contributed by atoms with Crippen LogP contribution in [0, 0.1) is 13.8 Å². The first kappa shape index (κ1) is 22.2. The molecule has 0 aliphatic carbocycles. The van der Waals surface area contributed by atoms with Crippen molar-refractivity contribution < 1.29 is 4.42 Å². The van der Waals surface area contributed by atoms with Gasteiger partial charge in [0, 0.05) is 0 Å². The monoisotopic (exact) mass is 494 g/mol. The third-order valence-electron chi connectivity index (χ3n) is 6.03. The first-order chi connectivity index (χ1) is 17.6. The zero-order valence-electron chi connectivity index (χ0n) is 19.8. The molecule has 0 atom stereocenters. The largest absolute Gasteiger partial charge is 0.424 e. The van der Waals surface area contributed by atoms with Gasteiger partial charge in [0.15, 0.2) is 5.16 Å². The second kappa shape index (κ2) is 9.09. The first-order valence-electron chi connectivity index (χ1n) is 11.5. The number of aryl methyl sites for hydroxylation is 2. The summed E-state index contributed by atoms with van der Waals surface area (Å²) in [5.74, 6) is 1.97. The number of benzene rings is 3. The molecular weight excluding hydrogens is 472 g/mol. The fourth-order valence-electron chi connectivity index (χ4n) is 4.26. The lowest BCUT2D eigenvalue weighted by Crippen LogP contribution is -2.22. The maximum Gasteiger partial charge on any atom is 0.267 e. The van der Waals surface area contributed by atoms with Gasteiger partial charge >= 0.3 is 0 Å². The smallest absolute Gasteiger partial charge is 0.267 e. The van der Waals surface area contributed by atoms with Gasteiger partial charge in [0.25, 0.3) is 5.56 Å². The van der Waals surface area contributed by atoms with Gasteiger partial charge in [-0.15, -0.1) is 20.4 Å². The van der Waals surface area contributed by atoms with Crippen molar-refractivity contribution in [3.63, 3.8) is 0 Å². The number of aromatic nitrogens is 6. The highest BCUT2D eigenvalue weighted by Gasteiger charge is 2.19. The Bertz CT molecular complexity index is 1770. The molecule has 178 valence electrons. The number of fused-ring (bicyclic) bond motifs is 3. The second-order valence-corrected chi connectivity index (χ2v) is 9.55. The topological polar surface area (TPSA) is 91.1 Å². The molecule has 3 heterocycles. The predicted octanol–water partition coefficient (Wildman–Crippen LogP) is 4.92. The minimum absolute atomic E-state index is 0.127. The lowest BCUT2D eigenvalue weighted by Gasteiger charge is -2.13. The van der Waals surface area contributed by atoms with E-state index < -0.39 is 0 Å². The molecule has 0 radical (unpaired) electrons. The van der Waals surface area contributed by atoms with Crippen LogP contribution in [-0.4, -0.2) is 29.4 Å². The molecule has 0 spiro atoms. The van der Waals surface area contributed by atoms with Crippen LogP contribution in [0.25, 0.3) is 22.4 Å². The Labute approximate surface area is 210 Å². The van der Waals surface area contributed by atoms with Gasteiger partial charge in [0.1, 0.15) is 0 Å². The Balaban J connectivity index is 1.39. The highest BCUT2D eigenvalue weighted by molar-refractivity contribution is 7.98. The van der Waals surface area contributed by atoms with Crippen molar-refractivity contribution in [2.75, 3.05) is 0 Å². The first-order valence-corrected chi connectivity index (χ1v) is 12.5. The fourth-order valence-corrected chi connectivity index (χ4v) is 5.04. The summed E-state index contributed by atoms with van der Waals surface area (Å²) in [4.78, 5) is 13.6. The molecule has 3 aromatic carbocycles. The Morgan fingerprint density at radius 1 is 0.861 bits per heavy atom. The van der Waals surface area contributed by atoms with Crippen molar-refractivity contribution in [2.45, 2.75) is 31.2 Å². The van der Waals surface area contributed by atoms with E-state index in [9.17, 15) is 4.79 Å². The lowest BCUT2D eigenvalue weighted by molar-refractivity contribution is 0.474. The number of para-hydroxylation sites is 1. The standard InChI is InChI=1S/C27H22N6O2S/c1-17-12-13-18(2)22(14-17)32-25(34)20-10-6-7-11-21(20)33-26(32)30-31-27(33)36-16-24-29-28-23(35-24)15-19-8-4-3-5-9-19/h3-14H,15-16H2,1-2H3. The maximum absolute atomic E-state index is 13.6. The zero-order chi connectivity index (χ0) is 24.6. The van der Waals surface area contributed by atoms with Crippen molar-refractivity contribution in [3.8, 4) is 5.69 Å². The normalized spacial score (nSPS) is 11.5. The van der Waals surface area contributed by atoms with Crippen LogP contribution in [0.2, 0.25) is 0 Å². The Kier molecular flexibility index (Phi) is 5.61. The van der Waals surface area contributed by atoms with Crippen LogP contribution in [0.15, 0.2) is 87.2 Å². The fraction of sp³-hybridized carbons (Fsp3) is 0.148. The summed E-state index contributed by atoms with van der Waals surface area (Å²) < 4.78 is 9.44. The quantitative estimate of drug-likeness (QED) is 0.304. The minimum Gasteiger partial charge on any atom is -0.424 e. The van der Waals surface area contributed by atoms with Gasteiger partial charge < -0.3 is 4.42 Å². The van der Waals surface area contributed by atoms with E-state index in [1.165, 1.54) is 11.8 Å². The number of nitrogens with zero attached hydrogens (tertiary/aromatic N) is 6. The summed E-state index contributed by atoms with van der Waals surface area (Å²) in [6.07, 6.45) is 0.582. The van der Waals surface area contributed by atoms with Gasteiger partial charge in [-0.1, -0.05) is 66.4 Å². The molecule has 6 aromatic rings. The molecule has 9 heteroatoms. The van der Waals surface area contributed by atoms with Gasteiger partial charge in [0.05, 0.1) is 28.8 Å². The van der Waals surface area contributed by atoms with Gasteiger partial charge in [-0.2, -0.15) is 0 Å². The Morgan fingerprint density at radius 2 is 1.64 bits per heavy atom.